The molecule has 1 aliphatic carbocycles. The van der Waals surface area contributed by atoms with E-state index in [0.717, 1.165) is 18.7 Å². The third-order valence-corrected chi connectivity index (χ3v) is 4.84. The smallest absolute Gasteiger partial charge is 0.226 e. The van der Waals surface area contributed by atoms with Gasteiger partial charge in [-0.05, 0) is 27.7 Å². The highest BCUT2D eigenvalue weighted by atomic mass is 16.3. The number of guanidine groups is 1. The Morgan fingerprint density at radius 3 is 2.33 bits per heavy atom. The number of aliphatic hydroxyl groups is 1. The van der Waals surface area contributed by atoms with Gasteiger partial charge in [0.25, 0.3) is 0 Å². The Balaban J connectivity index is 2.32. The zero-order valence-corrected chi connectivity index (χ0v) is 16.1. The highest BCUT2D eigenvalue weighted by molar-refractivity contribution is 6.27. The number of nitrogens with zero attached hydrogens (tertiary/aromatic N) is 3. The van der Waals surface area contributed by atoms with Gasteiger partial charge in [-0.3, -0.25) is 4.79 Å². The monoisotopic (exact) mass is 364 g/mol. The van der Waals surface area contributed by atoms with Gasteiger partial charge in [-0.25, -0.2) is 9.98 Å². The summed E-state index contributed by atoms with van der Waals surface area (Å²) < 4.78 is 0. The van der Waals surface area contributed by atoms with Gasteiger partial charge in [0.2, 0.25) is 5.96 Å². The fourth-order valence-corrected chi connectivity index (χ4v) is 3.57. The first-order chi connectivity index (χ1) is 12.9. The van der Waals surface area contributed by atoms with E-state index in [1.54, 1.807) is 13.0 Å². The summed E-state index contributed by atoms with van der Waals surface area (Å²) >= 11 is 0. The van der Waals surface area contributed by atoms with Crippen molar-refractivity contribution in [3.63, 3.8) is 0 Å². The second-order valence-electron chi connectivity index (χ2n) is 6.60. The highest BCUT2D eigenvalue weighted by Crippen LogP contribution is 2.34. The molecule has 0 atom stereocenters. The van der Waals surface area contributed by atoms with Gasteiger partial charge in [0.1, 0.15) is 5.71 Å². The van der Waals surface area contributed by atoms with Crippen LogP contribution in [0.15, 0.2) is 56.9 Å². The quantitative estimate of drug-likeness (QED) is 0.627. The Morgan fingerprint density at radius 2 is 1.78 bits per heavy atom. The number of aliphatic imine (C=N–C) groups is 2. The predicted octanol–water partition coefficient (Wildman–Crippen LogP) is 3.90. The first-order valence-electron chi connectivity index (χ1n) is 9.13. The number of hydrogen-bond acceptors (Lipinski definition) is 6. The molecule has 6 nitrogen and oxygen atoms in total. The zero-order valence-electron chi connectivity index (χ0n) is 16.1. The largest absolute Gasteiger partial charge is 0.512 e. The molecule has 27 heavy (non-hydrogen) atoms. The Labute approximate surface area is 159 Å². The highest BCUT2D eigenvalue weighted by Gasteiger charge is 2.33. The van der Waals surface area contributed by atoms with E-state index < -0.39 is 0 Å². The van der Waals surface area contributed by atoms with Crippen molar-refractivity contribution < 1.29 is 9.90 Å². The van der Waals surface area contributed by atoms with Crippen molar-refractivity contribution in [3.8, 4) is 0 Å². The maximum Gasteiger partial charge on any atom is 0.226 e. The van der Waals surface area contributed by atoms with E-state index in [1.807, 2.05) is 36.9 Å². The van der Waals surface area contributed by atoms with E-state index in [4.69, 9.17) is 15.4 Å². The van der Waals surface area contributed by atoms with Gasteiger partial charge in [-0.2, -0.15) is 0 Å². The van der Waals surface area contributed by atoms with Crippen LogP contribution in [0, 0.1) is 5.41 Å². The second kappa shape index (κ2) is 7.31. The molecule has 0 saturated carbocycles. The first-order valence-corrected chi connectivity index (χ1v) is 9.13. The van der Waals surface area contributed by atoms with E-state index in [-0.39, 0.29) is 23.7 Å². The summed E-state index contributed by atoms with van der Waals surface area (Å²) in [5, 5.41) is 18.3. The first kappa shape index (κ1) is 18.8. The molecule has 0 spiro atoms. The van der Waals surface area contributed by atoms with Crippen LogP contribution in [-0.2, 0) is 0 Å². The minimum atomic E-state index is -0.0650. The van der Waals surface area contributed by atoms with Crippen molar-refractivity contribution in [2.45, 2.75) is 34.1 Å². The molecule has 0 unspecified atom stereocenters. The third-order valence-electron chi connectivity index (χ3n) is 4.84. The number of allylic oxidation sites excluding steroid dienone is 4. The molecule has 1 aromatic rings. The predicted molar refractivity (Wildman–Crippen MR) is 108 cm³/mol. The van der Waals surface area contributed by atoms with Crippen molar-refractivity contribution in [1.29, 1.82) is 5.41 Å². The SMILES string of the molecule is CCN(CC)C1=NC2=C(/C(C(C)=N)=C(\C)O)CC(=O)c3ccccc3C2=N1. The van der Waals surface area contributed by atoms with Crippen LogP contribution in [0.25, 0.3) is 0 Å². The van der Waals surface area contributed by atoms with Gasteiger partial charge in [0.15, 0.2) is 5.78 Å². The molecule has 140 valence electrons. The van der Waals surface area contributed by atoms with Crippen LogP contribution in [0.1, 0.15) is 50.0 Å². The number of rotatable bonds is 4. The van der Waals surface area contributed by atoms with Crippen molar-refractivity contribution >= 4 is 23.2 Å². The number of carbonyl (C=O) groups is 1. The normalized spacial score (nSPS) is 16.8. The average molecular weight is 364 g/mol. The molecule has 0 radical (unpaired) electrons. The van der Waals surface area contributed by atoms with Gasteiger partial charge >= 0.3 is 0 Å². The van der Waals surface area contributed by atoms with Crippen LogP contribution in [0.5, 0.6) is 0 Å². The number of nitrogens with one attached hydrogen (secondary N) is 1. The van der Waals surface area contributed by atoms with E-state index in [9.17, 15) is 9.90 Å². The van der Waals surface area contributed by atoms with Crippen molar-refractivity contribution in [3.05, 3.63) is 58.0 Å². The minimum Gasteiger partial charge on any atom is -0.512 e. The molecule has 2 aliphatic rings. The van der Waals surface area contributed by atoms with Gasteiger partial charge in [0.05, 0.1) is 11.5 Å². The number of Topliss-reactive ketones (excluding diaryl/α,β-unsaturated/α-hetero) is 1. The van der Waals surface area contributed by atoms with Crippen LogP contribution >= 0.6 is 0 Å². The van der Waals surface area contributed by atoms with E-state index in [0.29, 0.717) is 34.1 Å². The molecule has 0 fully saturated rings. The molecular weight excluding hydrogens is 340 g/mol. The number of hydrogen-bond donors (Lipinski definition) is 2. The Kier molecular flexibility index (Phi) is 5.08. The lowest BCUT2D eigenvalue weighted by atomic mass is 9.94. The Bertz CT molecular complexity index is 943. The van der Waals surface area contributed by atoms with Crippen LogP contribution in [-0.4, -0.2) is 46.3 Å². The molecule has 2 N–H and O–H groups in total. The summed E-state index contributed by atoms with van der Waals surface area (Å²) in [6, 6.07) is 7.38. The standard InChI is InChI=1S/C21H24N4O2/c1-5-25(6-2)21-23-19-15-10-8-7-9-14(15)17(27)11-16(20(19)24-21)18(12(3)22)13(4)26/h7-10,22,26H,5-6,11H2,1-4H3/b18-13+,22-12?. The summed E-state index contributed by atoms with van der Waals surface area (Å²) in [5.41, 5.74) is 3.67. The topological polar surface area (TPSA) is 89.1 Å². The maximum atomic E-state index is 12.9. The lowest BCUT2D eigenvalue weighted by molar-refractivity contribution is 0.0993. The summed E-state index contributed by atoms with van der Waals surface area (Å²) in [6.07, 6.45) is 0.0733. The van der Waals surface area contributed by atoms with Crippen LogP contribution in [0.4, 0.5) is 0 Å². The molecule has 0 bridgehead atoms. The number of fused-ring (bicyclic) bond motifs is 3. The molecule has 1 heterocycles. The summed E-state index contributed by atoms with van der Waals surface area (Å²) in [4.78, 5) is 24.4. The van der Waals surface area contributed by atoms with Gasteiger partial charge in [-0.15, -0.1) is 0 Å². The van der Waals surface area contributed by atoms with Gasteiger partial charge in [-0.1, -0.05) is 24.3 Å². The van der Waals surface area contributed by atoms with Gasteiger partial charge in [0, 0.05) is 47.5 Å². The molecule has 1 aliphatic heterocycles. The van der Waals surface area contributed by atoms with Crippen molar-refractivity contribution in [2.75, 3.05) is 13.1 Å². The molecule has 1 aromatic carbocycles. The van der Waals surface area contributed by atoms with Crippen molar-refractivity contribution in [2.24, 2.45) is 9.98 Å². The fourth-order valence-electron chi connectivity index (χ4n) is 3.57. The maximum absolute atomic E-state index is 12.9. The average Bonchev–Trinajstić information content (AvgIpc) is 3.02. The molecule has 6 heteroatoms. The number of benzene rings is 1. The number of ketones is 1. The summed E-state index contributed by atoms with van der Waals surface area (Å²) in [6.45, 7) is 8.74. The zero-order chi connectivity index (χ0) is 19.7. The minimum absolute atomic E-state index is 0.00888. The van der Waals surface area contributed by atoms with Crippen LogP contribution in [0.3, 0.4) is 0 Å². The molecular formula is C21H24N4O2. The van der Waals surface area contributed by atoms with Crippen molar-refractivity contribution in [1.82, 2.24) is 4.90 Å². The second-order valence-corrected chi connectivity index (χ2v) is 6.60. The third kappa shape index (κ3) is 3.23. The molecule has 0 saturated heterocycles. The number of carbonyl (C=O) groups excluding carboxylic acids is 1. The van der Waals surface area contributed by atoms with Gasteiger partial charge < -0.3 is 15.4 Å². The molecule has 0 aromatic heterocycles. The lowest BCUT2D eigenvalue weighted by Crippen LogP contribution is -2.28. The molecule has 0 amide bonds. The summed E-state index contributed by atoms with van der Waals surface area (Å²) in [7, 11) is 0. The Hall–Kier alpha value is -3.02. The Morgan fingerprint density at radius 1 is 1.15 bits per heavy atom. The number of aliphatic hydroxyl groups excluding tert-OH is 1. The van der Waals surface area contributed by atoms with E-state index in [1.165, 1.54) is 6.92 Å². The van der Waals surface area contributed by atoms with E-state index >= 15 is 0 Å². The van der Waals surface area contributed by atoms with Crippen LogP contribution < -0.4 is 0 Å². The fraction of sp³-hybridized carbons (Fsp3) is 0.333. The lowest BCUT2D eigenvalue weighted by Gasteiger charge is -2.17. The van der Waals surface area contributed by atoms with Crippen LogP contribution in [0.2, 0.25) is 0 Å². The molecule has 3 rings (SSSR count). The van der Waals surface area contributed by atoms with E-state index in [2.05, 4.69) is 0 Å². The summed E-state index contributed by atoms with van der Waals surface area (Å²) in [5.74, 6) is 0.545.